The van der Waals surface area contributed by atoms with Crippen LogP contribution in [0.5, 0.6) is 23.0 Å². The SMILES string of the molecule is COc1ccc(C(=O)Oc2ccc(C(=O)Oc3ccc([N+](=O)[O-])cc3)cc2)c(O)c1. The zero-order valence-electron chi connectivity index (χ0n) is 15.6. The van der Waals surface area contributed by atoms with Crippen LogP contribution in [0.15, 0.2) is 66.7 Å². The third-order valence-electron chi connectivity index (χ3n) is 3.98. The van der Waals surface area contributed by atoms with Gasteiger partial charge >= 0.3 is 11.9 Å². The van der Waals surface area contributed by atoms with Gasteiger partial charge in [0.15, 0.2) is 0 Å². The van der Waals surface area contributed by atoms with E-state index in [2.05, 4.69) is 0 Å². The molecule has 0 fully saturated rings. The molecule has 152 valence electrons. The molecule has 0 aliphatic rings. The highest BCUT2D eigenvalue weighted by Crippen LogP contribution is 2.25. The lowest BCUT2D eigenvalue weighted by molar-refractivity contribution is -0.384. The van der Waals surface area contributed by atoms with Crippen molar-refractivity contribution < 1.29 is 33.8 Å². The van der Waals surface area contributed by atoms with Crippen molar-refractivity contribution in [1.29, 1.82) is 0 Å². The van der Waals surface area contributed by atoms with Gasteiger partial charge < -0.3 is 19.3 Å². The fraction of sp³-hybridized carbons (Fsp3) is 0.0476. The van der Waals surface area contributed by atoms with E-state index in [4.69, 9.17) is 14.2 Å². The zero-order chi connectivity index (χ0) is 21.7. The maximum absolute atomic E-state index is 12.2. The summed E-state index contributed by atoms with van der Waals surface area (Å²) in [7, 11) is 1.43. The van der Waals surface area contributed by atoms with Crippen molar-refractivity contribution in [3.05, 3.63) is 88.0 Å². The number of carbonyl (C=O) groups excluding carboxylic acids is 2. The molecule has 3 aromatic rings. The predicted octanol–water partition coefficient (Wildman–Crippen LogP) is 3.75. The van der Waals surface area contributed by atoms with E-state index in [0.29, 0.717) is 5.75 Å². The van der Waals surface area contributed by atoms with Crippen LogP contribution in [0.4, 0.5) is 5.69 Å². The summed E-state index contributed by atoms with van der Waals surface area (Å²) in [6.07, 6.45) is 0. The van der Waals surface area contributed by atoms with Gasteiger partial charge in [0.25, 0.3) is 5.69 Å². The monoisotopic (exact) mass is 409 g/mol. The Labute approximate surface area is 170 Å². The molecule has 0 amide bonds. The number of esters is 2. The Bertz CT molecular complexity index is 1090. The Morgan fingerprint density at radius 2 is 1.37 bits per heavy atom. The number of nitro groups is 1. The zero-order valence-corrected chi connectivity index (χ0v) is 15.6. The molecule has 0 saturated heterocycles. The number of hydrogen-bond acceptors (Lipinski definition) is 8. The van der Waals surface area contributed by atoms with Gasteiger partial charge in [-0.1, -0.05) is 0 Å². The molecule has 1 N–H and O–H groups in total. The van der Waals surface area contributed by atoms with Crippen LogP contribution in [-0.2, 0) is 0 Å². The van der Waals surface area contributed by atoms with Crippen molar-refractivity contribution >= 4 is 17.6 Å². The first-order chi connectivity index (χ1) is 14.4. The molecule has 0 heterocycles. The summed E-state index contributed by atoms with van der Waals surface area (Å²) in [5.41, 5.74) is 0.0155. The van der Waals surface area contributed by atoms with E-state index in [-0.39, 0.29) is 34.1 Å². The van der Waals surface area contributed by atoms with Gasteiger partial charge in [0, 0.05) is 18.2 Å². The highest BCUT2D eigenvalue weighted by Gasteiger charge is 2.16. The molecule has 9 heteroatoms. The molecule has 0 saturated carbocycles. The molecule has 30 heavy (non-hydrogen) atoms. The smallest absolute Gasteiger partial charge is 0.347 e. The van der Waals surface area contributed by atoms with E-state index in [0.717, 1.165) is 0 Å². The van der Waals surface area contributed by atoms with Crippen molar-refractivity contribution in [2.75, 3.05) is 7.11 Å². The lowest BCUT2D eigenvalue weighted by Crippen LogP contribution is -2.10. The van der Waals surface area contributed by atoms with E-state index in [1.54, 1.807) is 0 Å². The molecule has 0 bridgehead atoms. The van der Waals surface area contributed by atoms with E-state index < -0.39 is 16.9 Å². The number of benzene rings is 3. The minimum atomic E-state index is -0.781. The number of nitrogens with zero attached hydrogens (tertiary/aromatic N) is 1. The van der Waals surface area contributed by atoms with Crippen molar-refractivity contribution in [1.82, 2.24) is 0 Å². The van der Waals surface area contributed by atoms with Crippen LogP contribution >= 0.6 is 0 Å². The molecule has 0 aromatic heterocycles. The van der Waals surface area contributed by atoms with E-state index in [1.807, 2.05) is 0 Å². The van der Waals surface area contributed by atoms with Crippen LogP contribution < -0.4 is 14.2 Å². The summed E-state index contributed by atoms with van der Waals surface area (Å²) < 4.78 is 15.3. The molecular weight excluding hydrogens is 394 g/mol. The van der Waals surface area contributed by atoms with E-state index >= 15 is 0 Å². The van der Waals surface area contributed by atoms with Crippen LogP contribution in [0.2, 0.25) is 0 Å². The van der Waals surface area contributed by atoms with Gasteiger partial charge in [-0.15, -0.1) is 0 Å². The van der Waals surface area contributed by atoms with Crippen molar-refractivity contribution in [3.8, 4) is 23.0 Å². The molecule has 9 nitrogen and oxygen atoms in total. The maximum atomic E-state index is 12.2. The average molecular weight is 409 g/mol. The van der Waals surface area contributed by atoms with Gasteiger partial charge in [0.2, 0.25) is 0 Å². The molecule has 0 atom stereocenters. The number of ether oxygens (including phenoxy) is 3. The topological polar surface area (TPSA) is 125 Å². The van der Waals surface area contributed by atoms with Gasteiger partial charge in [-0.05, 0) is 48.5 Å². The minimum absolute atomic E-state index is 0.0440. The van der Waals surface area contributed by atoms with Gasteiger partial charge in [0.1, 0.15) is 28.6 Å². The van der Waals surface area contributed by atoms with Crippen LogP contribution in [0.3, 0.4) is 0 Å². The van der Waals surface area contributed by atoms with Crippen molar-refractivity contribution in [2.45, 2.75) is 0 Å². The Morgan fingerprint density at radius 1 is 0.833 bits per heavy atom. The summed E-state index contributed by atoms with van der Waals surface area (Å²) >= 11 is 0. The number of rotatable bonds is 6. The number of nitro benzene ring substituents is 1. The maximum Gasteiger partial charge on any atom is 0.347 e. The molecule has 0 aliphatic heterocycles. The summed E-state index contributed by atoms with van der Waals surface area (Å²) in [4.78, 5) is 34.5. The first-order valence-corrected chi connectivity index (χ1v) is 8.53. The minimum Gasteiger partial charge on any atom is -0.507 e. The second kappa shape index (κ2) is 8.74. The lowest BCUT2D eigenvalue weighted by atomic mass is 10.2. The number of aromatic hydroxyl groups is 1. The number of non-ortho nitro benzene ring substituents is 1. The third-order valence-corrected chi connectivity index (χ3v) is 3.98. The largest absolute Gasteiger partial charge is 0.507 e. The number of carbonyl (C=O) groups is 2. The molecule has 3 rings (SSSR count). The summed E-state index contributed by atoms with van der Waals surface area (Å²) in [5, 5.41) is 20.5. The van der Waals surface area contributed by atoms with Gasteiger partial charge in [0.05, 0.1) is 17.6 Å². The van der Waals surface area contributed by atoms with Crippen LogP contribution in [0, 0.1) is 10.1 Å². The molecule has 0 spiro atoms. The molecular formula is C21H15NO8. The van der Waals surface area contributed by atoms with Crippen molar-refractivity contribution in [3.63, 3.8) is 0 Å². The normalized spacial score (nSPS) is 10.2. The average Bonchev–Trinajstić information content (AvgIpc) is 2.74. The summed E-state index contributed by atoms with van der Waals surface area (Å²) in [6.45, 7) is 0. The van der Waals surface area contributed by atoms with Crippen LogP contribution in [0.25, 0.3) is 0 Å². The first-order valence-electron chi connectivity index (χ1n) is 8.53. The van der Waals surface area contributed by atoms with Gasteiger partial charge in [-0.3, -0.25) is 10.1 Å². The van der Waals surface area contributed by atoms with Crippen LogP contribution in [-0.4, -0.2) is 29.1 Å². The Balaban J connectivity index is 1.64. The number of phenolic OH excluding ortho intramolecular Hbond substituents is 1. The van der Waals surface area contributed by atoms with Crippen LogP contribution in [0.1, 0.15) is 20.7 Å². The van der Waals surface area contributed by atoms with Gasteiger partial charge in [-0.25, -0.2) is 9.59 Å². The first kappa shape index (κ1) is 20.3. The summed E-state index contributed by atoms with van der Waals surface area (Å²) in [6, 6.07) is 14.8. The highest BCUT2D eigenvalue weighted by molar-refractivity contribution is 5.94. The van der Waals surface area contributed by atoms with E-state index in [9.17, 15) is 24.8 Å². The Morgan fingerprint density at radius 3 is 1.90 bits per heavy atom. The summed E-state index contributed by atoms with van der Waals surface area (Å²) in [5.74, 6) is -1.06. The second-order valence-corrected chi connectivity index (χ2v) is 5.94. The molecule has 0 unspecified atom stereocenters. The predicted molar refractivity (Wildman–Crippen MR) is 104 cm³/mol. The van der Waals surface area contributed by atoms with E-state index in [1.165, 1.54) is 73.8 Å². The highest BCUT2D eigenvalue weighted by atomic mass is 16.6. The Kier molecular flexibility index (Phi) is 5.92. The number of hydrogen-bond donors (Lipinski definition) is 1. The second-order valence-electron chi connectivity index (χ2n) is 5.94. The number of phenols is 1. The molecule has 0 radical (unpaired) electrons. The molecule has 0 aliphatic carbocycles. The fourth-order valence-electron chi connectivity index (χ4n) is 2.43. The molecule has 3 aromatic carbocycles. The Hall–Kier alpha value is -4.40. The van der Waals surface area contributed by atoms with Crippen molar-refractivity contribution in [2.24, 2.45) is 0 Å². The standard InChI is InChI=1S/C21H15NO8/c1-28-17-10-11-18(19(23)12-17)21(25)30-15-6-2-13(3-7-15)20(24)29-16-8-4-14(5-9-16)22(26)27/h2-12,23H,1H3. The quantitative estimate of drug-likeness (QED) is 0.282. The number of methoxy groups -OCH3 is 1. The fourth-order valence-corrected chi connectivity index (χ4v) is 2.43. The third kappa shape index (κ3) is 4.71. The van der Waals surface area contributed by atoms with Gasteiger partial charge in [-0.2, -0.15) is 0 Å². The lowest BCUT2D eigenvalue weighted by Gasteiger charge is -2.08.